The number of aryl methyl sites for hydroxylation is 1. The third-order valence-electron chi connectivity index (χ3n) is 4.16. The first-order valence-electron chi connectivity index (χ1n) is 8.94. The lowest BCUT2D eigenvalue weighted by atomic mass is 10.1. The van der Waals surface area contributed by atoms with Gasteiger partial charge in [0.15, 0.2) is 0 Å². The van der Waals surface area contributed by atoms with Crippen molar-refractivity contribution in [1.82, 2.24) is 9.62 Å². The lowest BCUT2D eigenvalue weighted by molar-refractivity contribution is -0.130. The number of hydrogen-bond acceptors (Lipinski definition) is 3. The van der Waals surface area contributed by atoms with Crippen molar-refractivity contribution in [3.63, 3.8) is 0 Å². The van der Waals surface area contributed by atoms with Crippen LogP contribution in [0.5, 0.6) is 0 Å². The van der Waals surface area contributed by atoms with Gasteiger partial charge in [-0.15, -0.1) is 0 Å². The summed E-state index contributed by atoms with van der Waals surface area (Å²) in [5.74, 6) is -0.107. The zero-order valence-corrected chi connectivity index (χ0v) is 16.6. The summed E-state index contributed by atoms with van der Waals surface area (Å²) in [5, 5.41) is 1.12. The summed E-state index contributed by atoms with van der Waals surface area (Å²) in [6.07, 6.45) is 2.62. The Kier molecular flexibility index (Phi) is 7.76. The van der Waals surface area contributed by atoms with E-state index >= 15 is 0 Å². The van der Waals surface area contributed by atoms with Crippen molar-refractivity contribution >= 4 is 22.0 Å². The van der Waals surface area contributed by atoms with Crippen LogP contribution in [0.3, 0.4) is 0 Å². The van der Waals surface area contributed by atoms with Gasteiger partial charge in [0.25, 0.3) is 0 Å². The second-order valence-electron chi connectivity index (χ2n) is 6.32. The van der Waals surface area contributed by atoms with Crippen LogP contribution in [0.4, 0.5) is 0 Å². The number of nitrogens with zero attached hydrogens (tertiary/aromatic N) is 1. The number of nitrogens with one attached hydrogen (secondary N) is 1. The maximum atomic E-state index is 12.2. The van der Waals surface area contributed by atoms with Crippen molar-refractivity contribution in [3.8, 4) is 0 Å². The minimum Gasteiger partial charge on any atom is -0.341 e. The number of rotatable bonds is 9. The first kappa shape index (κ1) is 20.9. The van der Waals surface area contributed by atoms with Crippen LogP contribution >= 0.6 is 0 Å². The summed E-state index contributed by atoms with van der Waals surface area (Å²) in [5.41, 5.74) is 3.10. The van der Waals surface area contributed by atoms with Crippen molar-refractivity contribution in [1.29, 1.82) is 0 Å². The predicted octanol–water partition coefficient (Wildman–Crippen LogP) is 3.19. The second kappa shape index (κ2) is 10.0. The van der Waals surface area contributed by atoms with Crippen molar-refractivity contribution in [2.45, 2.75) is 26.3 Å². The molecular weight excluding hydrogens is 360 g/mol. The van der Waals surface area contributed by atoms with Crippen LogP contribution < -0.4 is 4.72 Å². The van der Waals surface area contributed by atoms with Crippen molar-refractivity contribution in [3.05, 3.63) is 76.7 Å². The molecule has 2 aromatic carbocycles. The zero-order valence-electron chi connectivity index (χ0n) is 15.8. The monoisotopic (exact) mass is 386 g/mol. The molecule has 0 aromatic heterocycles. The highest BCUT2D eigenvalue weighted by Crippen LogP contribution is 2.08. The van der Waals surface area contributed by atoms with Gasteiger partial charge < -0.3 is 4.90 Å². The Morgan fingerprint density at radius 3 is 2.30 bits per heavy atom. The van der Waals surface area contributed by atoms with Crippen LogP contribution in [0.25, 0.3) is 6.08 Å². The lowest BCUT2D eigenvalue weighted by Gasteiger charge is -2.17. The van der Waals surface area contributed by atoms with Gasteiger partial charge >= 0.3 is 0 Å². The highest BCUT2D eigenvalue weighted by molar-refractivity contribution is 7.92. The zero-order chi connectivity index (χ0) is 19.7. The van der Waals surface area contributed by atoms with E-state index in [0.717, 1.165) is 23.0 Å². The normalized spacial score (nSPS) is 11.6. The molecule has 0 fully saturated rings. The Hall–Kier alpha value is -2.44. The van der Waals surface area contributed by atoms with Crippen LogP contribution in [-0.2, 0) is 27.8 Å². The minimum absolute atomic E-state index is 0.0689. The number of sulfonamides is 1. The summed E-state index contributed by atoms with van der Waals surface area (Å²) in [4.78, 5) is 13.8. The quantitative estimate of drug-likeness (QED) is 0.720. The molecule has 0 unspecified atom stereocenters. The average molecular weight is 387 g/mol. The van der Waals surface area contributed by atoms with E-state index in [4.69, 9.17) is 0 Å². The molecule has 144 valence electrons. The molecule has 0 aliphatic rings. The smallest absolute Gasteiger partial charge is 0.233 e. The number of carbonyl (C=O) groups is 1. The molecule has 0 bridgehead atoms. The molecule has 5 nitrogen and oxygen atoms in total. The number of hydrogen-bond donors (Lipinski definition) is 1. The van der Waals surface area contributed by atoms with Crippen LogP contribution in [-0.4, -0.2) is 32.8 Å². The molecule has 0 radical (unpaired) electrons. The lowest BCUT2D eigenvalue weighted by Crippen LogP contribution is -2.31. The fourth-order valence-corrected chi connectivity index (χ4v) is 3.33. The van der Waals surface area contributed by atoms with E-state index < -0.39 is 10.0 Å². The fraction of sp³-hybridized carbons (Fsp3) is 0.286. The van der Waals surface area contributed by atoms with Gasteiger partial charge in [0, 0.05) is 32.0 Å². The Balaban J connectivity index is 1.79. The van der Waals surface area contributed by atoms with E-state index in [9.17, 15) is 13.2 Å². The van der Waals surface area contributed by atoms with Crippen LogP contribution in [0.15, 0.2) is 60.0 Å². The van der Waals surface area contributed by atoms with Gasteiger partial charge in [-0.2, -0.15) is 0 Å². The molecule has 0 spiro atoms. The SMILES string of the molecule is CCc1ccc(CN(C)C(=O)CCNS(=O)(=O)/C=C/c2ccccc2)cc1. The molecule has 0 atom stereocenters. The molecule has 0 aliphatic carbocycles. The average Bonchev–Trinajstić information content (AvgIpc) is 2.67. The molecule has 6 heteroatoms. The fourth-order valence-electron chi connectivity index (χ4n) is 2.51. The molecule has 0 saturated carbocycles. The topological polar surface area (TPSA) is 66.5 Å². The first-order chi connectivity index (χ1) is 12.9. The van der Waals surface area contributed by atoms with Crippen molar-refractivity contribution < 1.29 is 13.2 Å². The van der Waals surface area contributed by atoms with Gasteiger partial charge in [-0.05, 0) is 29.2 Å². The maximum Gasteiger partial charge on any atom is 0.233 e. The molecule has 0 saturated heterocycles. The standard InChI is InChI=1S/C21H26N2O3S/c1-3-18-9-11-20(12-10-18)17-23(2)21(24)13-15-22-27(25,26)16-14-19-7-5-4-6-8-19/h4-12,14,16,22H,3,13,15,17H2,1-2H3/b16-14+. The Morgan fingerprint density at radius 2 is 1.67 bits per heavy atom. The van der Waals surface area contributed by atoms with Gasteiger partial charge in [0.1, 0.15) is 0 Å². The summed E-state index contributed by atoms with van der Waals surface area (Å²) >= 11 is 0. The van der Waals surface area contributed by atoms with E-state index in [0.29, 0.717) is 6.54 Å². The Labute approximate surface area is 161 Å². The summed E-state index contributed by atoms with van der Waals surface area (Å²) < 4.78 is 26.4. The highest BCUT2D eigenvalue weighted by Gasteiger charge is 2.11. The summed E-state index contributed by atoms with van der Waals surface area (Å²) in [6, 6.07) is 17.3. The van der Waals surface area contributed by atoms with Gasteiger partial charge in [-0.1, -0.05) is 61.5 Å². The third-order valence-corrected chi connectivity index (χ3v) is 5.26. The molecular formula is C21H26N2O3S. The molecule has 1 N–H and O–H groups in total. The van der Waals surface area contributed by atoms with Crippen LogP contribution in [0.1, 0.15) is 30.0 Å². The minimum atomic E-state index is -3.57. The van der Waals surface area contributed by atoms with E-state index in [1.807, 2.05) is 42.5 Å². The molecule has 2 rings (SSSR count). The Bertz CT molecular complexity index is 860. The molecule has 27 heavy (non-hydrogen) atoms. The summed E-state index contributed by atoms with van der Waals surface area (Å²) in [7, 11) is -1.85. The van der Waals surface area contributed by atoms with Crippen molar-refractivity contribution in [2.75, 3.05) is 13.6 Å². The maximum absolute atomic E-state index is 12.2. The van der Waals surface area contributed by atoms with Crippen molar-refractivity contribution in [2.24, 2.45) is 0 Å². The van der Waals surface area contributed by atoms with E-state index in [-0.39, 0.29) is 18.9 Å². The Morgan fingerprint density at radius 1 is 1.04 bits per heavy atom. The number of benzene rings is 2. The predicted molar refractivity (Wildman–Crippen MR) is 109 cm³/mol. The summed E-state index contributed by atoms with van der Waals surface area (Å²) in [6.45, 7) is 2.67. The van der Waals surface area contributed by atoms with E-state index in [1.165, 1.54) is 11.6 Å². The molecule has 2 aromatic rings. The molecule has 1 amide bonds. The highest BCUT2D eigenvalue weighted by atomic mass is 32.2. The van der Waals surface area contributed by atoms with Gasteiger partial charge in [-0.25, -0.2) is 13.1 Å². The second-order valence-corrected chi connectivity index (χ2v) is 7.97. The molecule has 0 heterocycles. The van der Waals surface area contributed by atoms with Crippen LogP contribution in [0.2, 0.25) is 0 Å². The van der Waals surface area contributed by atoms with Crippen LogP contribution in [0, 0.1) is 0 Å². The first-order valence-corrected chi connectivity index (χ1v) is 10.5. The molecule has 0 aliphatic heterocycles. The van der Waals surface area contributed by atoms with Gasteiger partial charge in [-0.3, -0.25) is 4.79 Å². The number of amides is 1. The largest absolute Gasteiger partial charge is 0.341 e. The van der Waals surface area contributed by atoms with E-state index in [1.54, 1.807) is 11.9 Å². The van der Waals surface area contributed by atoms with E-state index in [2.05, 4.69) is 23.8 Å². The number of carbonyl (C=O) groups excluding carboxylic acids is 1. The van der Waals surface area contributed by atoms with Gasteiger partial charge in [0.05, 0.1) is 0 Å². The van der Waals surface area contributed by atoms with Gasteiger partial charge in [0.2, 0.25) is 15.9 Å². The third kappa shape index (κ3) is 7.37.